The molecule has 0 unspecified atom stereocenters. The number of nitrogens with one attached hydrogen (secondary N) is 2. The number of rotatable bonds is 2. The Kier molecular flexibility index (Phi) is 2.45. The van der Waals surface area contributed by atoms with Crippen LogP contribution in [0.1, 0.15) is 0 Å². The van der Waals surface area contributed by atoms with Gasteiger partial charge < -0.3 is 15.2 Å². The molecule has 0 aliphatic carbocycles. The van der Waals surface area contributed by atoms with E-state index in [0.29, 0.717) is 0 Å². The average molecular weight is 262 g/mol. The third kappa shape index (κ3) is 1.73. The molecule has 98 valence electrons. The second-order valence-electron chi connectivity index (χ2n) is 4.75. The van der Waals surface area contributed by atoms with Crippen LogP contribution in [0.5, 0.6) is 0 Å². The molecule has 2 aromatic rings. The van der Waals surface area contributed by atoms with Gasteiger partial charge in [0.1, 0.15) is 5.84 Å². The standard InChI is InChI=1S/C16H14N4/c1-2-4-12(5-3-1)14-10-13(11-19-14)20-9-8-18-16-15(20)6-7-17-16/h1-6,8-11,19H,7H2,(H,17,18). The highest BCUT2D eigenvalue weighted by Crippen LogP contribution is 2.28. The van der Waals surface area contributed by atoms with Crippen LogP contribution < -0.4 is 10.2 Å². The molecule has 4 nitrogen and oxygen atoms in total. The van der Waals surface area contributed by atoms with E-state index in [1.54, 1.807) is 0 Å². The number of hydrogen-bond donors (Lipinski definition) is 2. The molecule has 3 heterocycles. The molecule has 4 rings (SSSR count). The van der Waals surface area contributed by atoms with Crippen LogP contribution in [0.4, 0.5) is 5.69 Å². The van der Waals surface area contributed by atoms with Gasteiger partial charge >= 0.3 is 0 Å². The number of aliphatic imine (C=N–C) groups is 1. The maximum absolute atomic E-state index is 4.41. The first-order valence-electron chi connectivity index (χ1n) is 6.63. The van der Waals surface area contributed by atoms with Crippen molar-refractivity contribution in [3.8, 4) is 11.3 Å². The Hall–Kier alpha value is -2.75. The molecule has 1 aromatic carbocycles. The minimum Gasteiger partial charge on any atom is -0.359 e. The van der Waals surface area contributed by atoms with Gasteiger partial charge in [-0.25, -0.2) is 0 Å². The maximum Gasteiger partial charge on any atom is 0.149 e. The molecule has 20 heavy (non-hydrogen) atoms. The van der Waals surface area contributed by atoms with E-state index in [0.717, 1.165) is 29.5 Å². The first-order valence-corrected chi connectivity index (χ1v) is 6.63. The Morgan fingerprint density at radius 3 is 2.95 bits per heavy atom. The highest BCUT2D eigenvalue weighted by molar-refractivity contribution is 6.05. The largest absolute Gasteiger partial charge is 0.359 e. The van der Waals surface area contributed by atoms with Crippen LogP contribution >= 0.6 is 0 Å². The monoisotopic (exact) mass is 262 g/mol. The molecule has 0 saturated heterocycles. The number of H-pyrrole nitrogens is 1. The van der Waals surface area contributed by atoms with E-state index in [2.05, 4.69) is 44.5 Å². The van der Waals surface area contributed by atoms with E-state index in [1.165, 1.54) is 5.56 Å². The van der Waals surface area contributed by atoms with Crippen molar-refractivity contribution in [2.75, 3.05) is 11.4 Å². The van der Waals surface area contributed by atoms with Crippen LogP contribution in [0.2, 0.25) is 0 Å². The van der Waals surface area contributed by atoms with Crippen LogP contribution in [0.3, 0.4) is 0 Å². The quantitative estimate of drug-likeness (QED) is 0.874. The summed E-state index contributed by atoms with van der Waals surface area (Å²) < 4.78 is 0. The lowest BCUT2D eigenvalue weighted by atomic mass is 10.1. The van der Waals surface area contributed by atoms with Crippen molar-refractivity contribution in [1.29, 1.82) is 0 Å². The van der Waals surface area contributed by atoms with Crippen molar-refractivity contribution in [1.82, 2.24) is 10.3 Å². The third-order valence-electron chi connectivity index (χ3n) is 3.51. The number of amidine groups is 1. The van der Waals surface area contributed by atoms with E-state index in [9.17, 15) is 0 Å². The summed E-state index contributed by atoms with van der Waals surface area (Å²) in [7, 11) is 0. The lowest BCUT2D eigenvalue weighted by Crippen LogP contribution is -2.32. The summed E-state index contributed by atoms with van der Waals surface area (Å²) in [6, 6.07) is 12.5. The van der Waals surface area contributed by atoms with Gasteiger partial charge in [-0.3, -0.25) is 4.99 Å². The Morgan fingerprint density at radius 2 is 2.05 bits per heavy atom. The lowest BCUT2D eigenvalue weighted by Gasteiger charge is -2.25. The van der Waals surface area contributed by atoms with Gasteiger partial charge in [0.15, 0.2) is 0 Å². The summed E-state index contributed by atoms with van der Waals surface area (Å²) in [6.45, 7) is 0.742. The zero-order valence-corrected chi connectivity index (χ0v) is 10.9. The van der Waals surface area contributed by atoms with Gasteiger partial charge in [0.2, 0.25) is 0 Å². The second-order valence-corrected chi connectivity index (χ2v) is 4.75. The van der Waals surface area contributed by atoms with Crippen molar-refractivity contribution < 1.29 is 0 Å². The average Bonchev–Trinajstić information content (AvgIpc) is 3.17. The van der Waals surface area contributed by atoms with Crippen LogP contribution in [0.25, 0.3) is 11.3 Å². The van der Waals surface area contributed by atoms with Crippen molar-refractivity contribution >= 4 is 11.5 Å². The molecule has 0 radical (unpaired) electrons. The summed E-state index contributed by atoms with van der Waals surface area (Å²) in [5.74, 6) is 0.940. The number of hydrogen-bond acceptors (Lipinski definition) is 3. The first-order chi connectivity index (χ1) is 9.92. The topological polar surface area (TPSA) is 43.4 Å². The van der Waals surface area contributed by atoms with Crippen LogP contribution in [-0.2, 0) is 0 Å². The Bertz CT molecular complexity index is 722. The fourth-order valence-electron chi connectivity index (χ4n) is 2.54. The second kappa shape index (κ2) is 4.42. The van der Waals surface area contributed by atoms with Gasteiger partial charge in [0.05, 0.1) is 17.9 Å². The van der Waals surface area contributed by atoms with Crippen molar-refractivity contribution in [3.05, 3.63) is 66.8 Å². The van der Waals surface area contributed by atoms with Gasteiger partial charge in [-0.15, -0.1) is 0 Å². The fourth-order valence-corrected chi connectivity index (χ4v) is 2.54. The van der Waals surface area contributed by atoms with E-state index in [-0.39, 0.29) is 0 Å². The van der Waals surface area contributed by atoms with Crippen molar-refractivity contribution in [2.24, 2.45) is 4.99 Å². The van der Waals surface area contributed by atoms with Crippen molar-refractivity contribution in [3.63, 3.8) is 0 Å². The van der Waals surface area contributed by atoms with Gasteiger partial charge in [0, 0.05) is 24.3 Å². The molecule has 1 aromatic heterocycles. The SMILES string of the molecule is C1=CN(c2c[nH]c(-c3ccccc3)c2)C2=CCN=C2N1. The molecular weight excluding hydrogens is 248 g/mol. The normalized spacial score (nSPS) is 16.5. The van der Waals surface area contributed by atoms with Crippen LogP contribution in [0, 0.1) is 0 Å². The summed E-state index contributed by atoms with van der Waals surface area (Å²) in [5, 5.41) is 3.17. The maximum atomic E-state index is 4.41. The number of benzene rings is 1. The molecule has 0 spiro atoms. The van der Waals surface area contributed by atoms with Gasteiger partial charge in [0.25, 0.3) is 0 Å². The molecule has 2 N–H and O–H groups in total. The molecule has 0 atom stereocenters. The number of aromatic amines is 1. The summed E-state index contributed by atoms with van der Waals surface area (Å²) >= 11 is 0. The Labute approximate surface area is 117 Å². The van der Waals surface area contributed by atoms with E-state index in [4.69, 9.17) is 0 Å². The molecule has 0 amide bonds. The zero-order valence-electron chi connectivity index (χ0n) is 10.9. The van der Waals surface area contributed by atoms with E-state index >= 15 is 0 Å². The minimum atomic E-state index is 0.742. The predicted octanol–water partition coefficient (Wildman–Crippen LogP) is 2.86. The highest BCUT2D eigenvalue weighted by Gasteiger charge is 2.21. The van der Waals surface area contributed by atoms with E-state index < -0.39 is 0 Å². The molecule has 2 aliphatic rings. The van der Waals surface area contributed by atoms with E-state index in [1.807, 2.05) is 36.8 Å². The van der Waals surface area contributed by atoms with Crippen LogP contribution in [-0.4, -0.2) is 17.4 Å². The van der Waals surface area contributed by atoms with Gasteiger partial charge in [-0.05, 0) is 17.7 Å². The summed E-state index contributed by atoms with van der Waals surface area (Å²) in [4.78, 5) is 9.89. The smallest absolute Gasteiger partial charge is 0.149 e. The van der Waals surface area contributed by atoms with Gasteiger partial charge in [-0.2, -0.15) is 0 Å². The molecule has 0 saturated carbocycles. The summed E-state index contributed by atoms with van der Waals surface area (Å²) in [6.07, 6.45) is 8.08. The Balaban J connectivity index is 1.70. The molecule has 0 bridgehead atoms. The Morgan fingerprint density at radius 1 is 1.15 bits per heavy atom. The summed E-state index contributed by atoms with van der Waals surface area (Å²) in [5.41, 5.74) is 4.53. The predicted molar refractivity (Wildman–Crippen MR) is 81.4 cm³/mol. The third-order valence-corrected chi connectivity index (χ3v) is 3.51. The van der Waals surface area contributed by atoms with Gasteiger partial charge in [-0.1, -0.05) is 30.3 Å². The fraction of sp³-hybridized carbons (Fsp3) is 0.0625. The van der Waals surface area contributed by atoms with Crippen LogP contribution in [0.15, 0.2) is 71.8 Å². The lowest BCUT2D eigenvalue weighted by molar-refractivity contribution is 1.11. The number of fused-ring (bicyclic) bond motifs is 1. The van der Waals surface area contributed by atoms with Crippen molar-refractivity contribution in [2.45, 2.75) is 0 Å². The highest BCUT2D eigenvalue weighted by atomic mass is 15.2. The number of anilines is 1. The molecule has 0 fully saturated rings. The molecule has 2 aliphatic heterocycles. The molecular formula is C16H14N4. The molecule has 4 heteroatoms. The first kappa shape index (κ1) is 11.1. The number of aromatic nitrogens is 1. The number of nitrogens with zero attached hydrogens (tertiary/aromatic N) is 2. The minimum absolute atomic E-state index is 0.742. The zero-order chi connectivity index (χ0) is 13.4.